The summed E-state index contributed by atoms with van der Waals surface area (Å²) >= 11 is 5.18. The van der Waals surface area contributed by atoms with Crippen LogP contribution in [0.2, 0.25) is 0 Å². The SMILES string of the molecule is COC(=O)c1cccc(C(=O)NC(=S)Nc2cccc(OC(C)C)c2)c1. The number of amides is 1. The van der Waals surface area contributed by atoms with E-state index in [0.717, 1.165) is 0 Å². The Balaban J connectivity index is 2.01. The fourth-order valence-electron chi connectivity index (χ4n) is 2.16. The highest BCUT2D eigenvalue weighted by Crippen LogP contribution is 2.18. The highest BCUT2D eigenvalue weighted by molar-refractivity contribution is 7.80. The quantitative estimate of drug-likeness (QED) is 0.619. The number of anilines is 1. The van der Waals surface area contributed by atoms with Gasteiger partial charge in [-0.2, -0.15) is 0 Å². The fraction of sp³-hybridized carbons (Fsp3) is 0.211. The molecule has 0 saturated carbocycles. The molecule has 0 spiro atoms. The number of rotatable bonds is 5. The van der Waals surface area contributed by atoms with Gasteiger partial charge in [0.15, 0.2) is 5.11 Å². The molecule has 7 heteroatoms. The zero-order chi connectivity index (χ0) is 19.1. The molecule has 0 heterocycles. The first-order chi connectivity index (χ1) is 12.4. The Morgan fingerprint density at radius 1 is 1.04 bits per heavy atom. The lowest BCUT2D eigenvalue weighted by molar-refractivity contribution is 0.0600. The van der Waals surface area contributed by atoms with E-state index >= 15 is 0 Å². The maximum atomic E-state index is 12.3. The van der Waals surface area contributed by atoms with Crippen molar-refractivity contribution in [3.8, 4) is 5.75 Å². The second-order valence-corrected chi connectivity index (χ2v) is 6.08. The van der Waals surface area contributed by atoms with Crippen molar-refractivity contribution in [2.45, 2.75) is 20.0 Å². The maximum Gasteiger partial charge on any atom is 0.337 e. The van der Waals surface area contributed by atoms with Crippen molar-refractivity contribution in [3.05, 3.63) is 59.7 Å². The average molecular weight is 372 g/mol. The molecule has 2 rings (SSSR count). The van der Waals surface area contributed by atoms with E-state index in [4.69, 9.17) is 17.0 Å². The van der Waals surface area contributed by atoms with E-state index in [9.17, 15) is 9.59 Å². The van der Waals surface area contributed by atoms with Gasteiger partial charge in [0.1, 0.15) is 5.75 Å². The zero-order valence-electron chi connectivity index (χ0n) is 14.7. The van der Waals surface area contributed by atoms with E-state index in [2.05, 4.69) is 15.4 Å². The Morgan fingerprint density at radius 3 is 2.42 bits per heavy atom. The number of carbonyl (C=O) groups excluding carboxylic acids is 2. The van der Waals surface area contributed by atoms with Crippen molar-refractivity contribution >= 4 is 34.9 Å². The first-order valence-corrected chi connectivity index (χ1v) is 8.37. The molecule has 0 fully saturated rings. The first kappa shape index (κ1) is 19.4. The van der Waals surface area contributed by atoms with Crippen molar-refractivity contribution in [1.82, 2.24) is 5.32 Å². The van der Waals surface area contributed by atoms with E-state index in [1.54, 1.807) is 24.3 Å². The summed E-state index contributed by atoms with van der Waals surface area (Å²) in [5.74, 6) is -0.241. The van der Waals surface area contributed by atoms with E-state index in [-0.39, 0.29) is 16.8 Å². The molecule has 6 nitrogen and oxygen atoms in total. The predicted octanol–water partition coefficient (Wildman–Crippen LogP) is 3.39. The minimum absolute atomic E-state index is 0.0546. The largest absolute Gasteiger partial charge is 0.491 e. The predicted molar refractivity (Wildman–Crippen MR) is 104 cm³/mol. The van der Waals surface area contributed by atoms with Crippen LogP contribution in [0.4, 0.5) is 5.69 Å². The molecule has 0 aromatic heterocycles. The van der Waals surface area contributed by atoms with Crippen LogP contribution in [0.25, 0.3) is 0 Å². The number of benzene rings is 2. The molecule has 0 unspecified atom stereocenters. The molecule has 2 aromatic rings. The monoisotopic (exact) mass is 372 g/mol. The lowest BCUT2D eigenvalue weighted by atomic mass is 10.1. The van der Waals surface area contributed by atoms with Gasteiger partial charge in [0.2, 0.25) is 0 Å². The number of ether oxygens (including phenoxy) is 2. The summed E-state index contributed by atoms with van der Waals surface area (Å²) in [6, 6.07) is 13.5. The summed E-state index contributed by atoms with van der Waals surface area (Å²) in [4.78, 5) is 23.9. The van der Waals surface area contributed by atoms with E-state index in [1.807, 2.05) is 32.0 Å². The summed E-state index contributed by atoms with van der Waals surface area (Å²) in [6.07, 6.45) is 0.0546. The number of thiocarbonyl (C=S) groups is 1. The van der Waals surface area contributed by atoms with Crippen LogP contribution < -0.4 is 15.4 Å². The molecule has 0 atom stereocenters. The first-order valence-electron chi connectivity index (χ1n) is 7.96. The molecule has 0 radical (unpaired) electrons. The number of carbonyl (C=O) groups is 2. The molecular formula is C19H20N2O4S. The third-order valence-electron chi connectivity index (χ3n) is 3.24. The van der Waals surface area contributed by atoms with Crippen LogP contribution in [0.3, 0.4) is 0 Å². The number of methoxy groups -OCH3 is 1. The number of esters is 1. The minimum Gasteiger partial charge on any atom is -0.491 e. The van der Waals surface area contributed by atoms with Crippen molar-refractivity contribution in [3.63, 3.8) is 0 Å². The Morgan fingerprint density at radius 2 is 1.73 bits per heavy atom. The molecule has 2 aromatic carbocycles. The minimum atomic E-state index is -0.512. The second-order valence-electron chi connectivity index (χ2n) is 5.68. The van der Waals surface area contributed by atoms with Gasteiger partial charge in [0.05, 0.1) is 18.8 Å². The van der Waals surface area contributed by atoms with Gasteiger partial charge in [-0.1, -0.05) is 12.1 Å². The Bertz CT molecular complexity index is 821. The van der Waals surface area contributed by atoms with E-state index in [0.29, 0.717) is 17.0 Å². The third-order valence-corrected chi connectivity index (χ3v) is 3.44. The van der Waals surface area contributed by atoms with Gasteiger partial charge in [-0.3, -0.25) is 10.1 Å². The van der Waals surface area contributed by atoms with Crippen LogP contribution in [0.1, 0.15) is 34.6 Å². The standard InChI is InChI=1S/C19H20N2O4S/c1-12(2)25-16-9-5-8-15(11-16)20-19(26)21-17(22)13-6-4-7-14(10-13)18(23)24-3/h4-12H,1-3H3,(H2,20,21,22,26). The number of hydrogen-bond acceptors (Lipinski definition) is 5. The van der Waals surface area contributed by atoms with Crippen LogP contribution in [0.5, 0.6) is 5.75 Å². The van der Waals surface area contributed by atoms with E-state index in [1.165, 1.54) is 13.2 Å². The second kappa shape index (κ2) is 8.96. The Hall–Kier alpha value is -2.93. The summed E-state index contributed by atoms with van der Waals surface area (Å²) in [5, 5.41) is 5.65. The van der Waals surface area contributed by atoms with Crippen molar-refractivity contribution in [2.24, 2.45) is 0 Å². The van der Waals surface area contributed by atoms with Gasteiger partial charge in [0.25, 0.3) is 5.91 Å². The molecule has 0 bridgehead atoms. The van der Waals surface area contributed by atoms with Crippen LogP contribution in [-0.4, -0.2) is 30.2 Å². The number of nitrogens with one attached hydrogen (secondary N) is 2. The van der Waals surface area contributed by atoms with Crippen molar-refractivity contribution in [2.75, 3.05) is 12.4 Å². The topological polar surface area (TPSA) is 76.7 Å². The highest BCUT2D eigenvalue weighted by atomic mass is 32.1. The summed E-state index contributed by atoms with van der Waals surface area (Å²) < 4.78 is 10.3. The van der Waals surface area contributed by atoms with Gasteiger partial charge in [-0.05, 0) is 56.4 Å². The van der Waals surface area contributed by atoms with Crippen molar-refractivity contribution < 1.29 is 19.1 Å². The molecule has 0 aliphatic carbocycles. The maximum absolute atomic E-state index is 12.3. The van der Waals surface area contributed by atoms with Crippen LogP contribution in [0.15, 0.2) is 48.5 Å². The number of hydrogen-bond donors (Lipinski definition) is 2. The zero-order valence-corrected chi connectivity index (χ0v) is 15.6. The van der Waals surface area contributed by atoms with Gasteiger partial charge in [-0.25, -0.2) is 4.79 Å². The average Bonchev–Trinajstić information content (AvgIpc) is 2.60. The van der Waals surface area contributed by atoms with Gasteiger partial charge in [0, 0.05) is 17.3 Å². The molecule has 26 heavy (non-hydrogen) atoms. The third kappa shape index (κ3) is 5.56. The fourth-order valence-corrected chi connectivity index (χ4v) is 2.37. The van der Waals surface area contributed by atoms with Crippen LogP contribution in [0, 0.1) is 0 Å². The molecule has 0 aliphatic rings. The van der Waals surface area contributed by atoms with E-state index < -0.39 is 11.9 Å². The van der Waals surface area contributed by atoms with Crippen molar-refractivity contribution in [1.29, 1.82) is 0 Å². The smallest absolute Gasteiger partial charge is 0.337 e. The molecule has 0 aliphatic heterocycles. The van der Waals surface area contributed by atoms with Gasteiger partial charge in [-0.15, -0.1) is 0 Å². The molecule has 0 saturated heterocycles. The Kier molecular flexibility index (Phi) is 6.68. The summed E-state index contributed by atoms with van der Waals surface area (Å²) in [7, 11) is 1.28. The Labute approximate surface area is 157 Å². The lowest BCUT2D eigenvalue weighted by Crippen LogP contribution is -2.34. The van der Waals surface area contributed by atoms with Gasteiger partial charge < -0.3 is 14.8 Å². The highest BCUT2D eigenvalue weighted by Gasteiger charge is 2.12. The molecule has 1 amide bonds. The van der Waals surface area contributed by atoms with Gasteiger partial charge >= 0.3 is 5.97 Å². The lowest BCUT2D eigenvalue weighted by Gasteiger charge is -2.13. The molecule has 136 valence electrons. The normalized spacial score (nSPS) is 10.2. The summed E-state index contributed by atoms with van der Waals surface area (Å²) in [6.45, 7) is 3.88. The van der Waals surface area contributed by atoms with Crippen LogP contribution in [-0.2, 0) is 4.74 Å². The summed E-state index contributed by atoms with van der Waals surface area (Å²) in [5.41, 5.74) is 1.28. The molecular weight excluding hydrogens is 352 g/mol. The van der Waals surface area contributed by atoms with Crippen LogP contribution >= 0.6 is 12.2 Å². The molecule has 2 N–H and O–H groups in total.